The Morgan fingerprint density at radius 3 is 2.52 bits per heavy atom. The maximum absolute atomic E-state index is 9.69. The first kappa shape index (κ1) is 17.4. The van der Waals surface area contributed by atoms with E-state index in [2.05, 4.69) is 26.4 Å². The van der Waals surface area contributed by atoms with Gasteiger partial charge in [-0.1, -0.05) is 24.0 Å². The molecular formula is C20H21N3OS. The van der Waals surface area contributed by atoms with E-state index in [-0.39, 0.29) is 0 Å². The molecule has 0 amide bonds. The van der Waals surface area contributed by atoms with Gasteiger partial charge in [0.1, 0.15) is 11.4 Å². The Balaban J connectivity index is 1.84. The summed E-state index contributed by atoms with van der Waals surface area (Å²) in [6.07, 6.45) is 3.81. The third-order valence-electron chi connectivity index (χ3n) is 3.68. The number of benzene rings is 1. The van der Waals surface area contributed by atoms with Gasteiger partial charge in [-0.05, 0) is 39.8 Å². The summed E-state index contributed by atoms with van der Waals surface area (Å²) in [6.45, 7) is 8.20. The van der Waals surface area contributed by atoms with Crippen LogP contribution in [0.2, 0.25) is 0 Å². The van der Waals surface area contributed by atoms with Crippen LogP contribution in [0.15, 0.2) is 36.7 Å². The number of thiazole rings is 1. The quantitative estimate of drug-likeness (QED) is 0.730. The van der Waals surface area contributed by atoms with E-state index in [0.29, 0.717) is 0 Å². The van der Waals surface area contributed by atoms with Crippen LogP contribution in [0.3, 0.4) is 0 Å². The average molecular weight is 351 g/mol. The van der Waals surface area contributed by atoms with E-state index >= 15 is 0 Å². The van der Waals surface area contributed by atoms with E-state index in [1.165, 1.54) is 4.88 Å². The minimum Gasteiger partial charge on any atom is -0.378 e. The maximum atomic E-state index is 9.69. The van der Waals surface area contributed by atoms with Gasteiger partial charge in [0.15, 0.2) is 0 Å². The fourth-order valence-electron chi connectivity index (χ4n) is 2.50. The van der Waals surface area contributed by atoms with E-state index in [4.69, 9.17) is 0 Å². The summed E-state index contributed by atoms with van der Waals surface area (Å²) in [7, 11) is 0. The summed E-state index contributed by atoms with van der Waals surface area (Å²) in [6, 6.07) is 7.93. The summed E-state index contributed by atoms with van der Waals surface area (Å²) >= 11 is 1.73. The monoisotopic (exact) mass is 351 g/mol. The fourth-order valence-corrected chi connectivity index (χ4v) is 3.44. The van der Waals surface area contributed by atoms with Gasteiger partial charge in [-0.3, -0.25) is 0 Å². The number of nitrogens with zero attached hydrogens (tertiary/aromatic N) is 3. The molecule has 0 aliphatic carbocycles. The molecule has 1 aromatic carbocycles. The molecule has 5 heteroatoms. The predicted octanol–water partition coefficient (Wildman–Crippen LogP) is 3.79. The number of hydrogen-bond donors (Lipinski definition) is 1. The lowest BCUT2D eigenvalue weighted by atomic mass is 10.1. The molecule has 0 unspecified atom stereocenters. The molecule has 128 valence electrons. The van der Waals surface area contributed by atoms with Gasteiger partial charge in [0.2, 0.25) is 0 Å². The second-order valence-electron chi connectivity index (χ2n) is 6.51. The van der Waals surface area contributed by atoms with Gasteiger partial charge >= 0.3 is 0 Å². The number of aliphatic hydroxyl groups is 1. The van der Waals surface area contributed by atoms with Crippen LogP contribution < -0.4 is 0 Å². The Hall–Kier alpha value is -2.42. The maximum Gasteiger partial charge on any atom is 0.140 e. The van der Waals surface area contributed by atoms with Gasteiger partial charge in [-0.15, -0.1) is 11.3 Å². The van der Waals surface area contributed by atoms with Crippen molar-refractivity contribution in [2.75, 3.05) is 0 Å². The van der Waals surface area contributed by atoms with Crippen molar-refractivity contribution >= 4 is 11.3 Å². The molecule has 2 aromatic heterocycles. The van der Waals surface area contributed by atoms with Crippen LogP contribution in [0.1, 0.15) is 35.0 Å². The Labute approximate surface area is 152 Å². The van der Waals surface area contributed by atoms with Gasteiger partial charge in [-0.2, -0.15) is 0 Å². The molecule has 0 saturated heterocycles. The lowest BCUT2D eigenvalue weighted by Gasteiger charge is -2.08. The van der Waals surface area contributed by atoms with Crippen molar-refractivity contribution in [1.82, 2.24) is 14.5 Å². The van der Waals surface area contributed by atoms with Crippen molar-refractivity contribution in [3.63, 3.8) is 0 Å². The van der Waals surface area contributed by atoms with Gasteiger partial charge < -0.3 is 9.67 Å². The summed E-state index contributed by atoms with van der Waals surface area (Å²) < 4.78 is 2.14. The molecule has 0 atom stereocenters. The minimum absolute atomic E-state index is 0.771. The standard InChI is InChI=1S/C20H21N3OS/c1-14-18(25-15(2)22-14)13-23-12-11-21-19(23)17-7-5-16(6-8-17)9-10-20(3,4)24/h5-8,11-12,24H,13H2,1-4H3. The first-order chi connectivity index (χ1) is 11.8. The zero-order valence-electron chi connectivity index (χ0n) is 14.9. The zero-order valence-corrected chi connectivity index (χ0v) is 15.7. The van der Waals surface area contributed by atoms with Crippen molar-refractivity contribution in [1.29, 1.82) is 0 Å². The van der Waals surface area contributed by atoms with E-state index in [9.17, 15) is 5.11 Å². The molecule has 0 aliphatic rings. The van der Waals surface area contributed by atoms with Crippen LogP contribution in [0, 0.1) is 25.7 Å². The first-order valence-electron chi connectivity index (χ1n) is 8.12. The van der Waals surface area contributed by atoms with Crippen LogP contribution in [0.25, 0.3) is 11.4 Å². The number of aromatic nitrogens is 3. The van der Waals surface area contributed by atoms with Crippen molar-refractivity contribution < 1.29 is 5.11 Å². The lowest BCUT2D eigenvalue weighted by Crippen LogP contribution is -2.14. The Morgan fingerprint density at radius 2 is 1.92 bits per heavy atom. The molecule has 3 aromatic rings. The number of aryl methyl sites for hydroxylation is 2. The van der Waals surface area contributed by atoms with Crippen molar-refractivity contribution in [2.24, 2.45) is 0 Å². The first-order valence-corrected chi connectivity index (χ1v) is 8.93. The Morgan fingerprint density at radius 1 is 1.20 bits per heavy atom. The number of rotatable bonds is 3. The second-order valence-corrected chi connectivity index (χ2v) is 7.79. The SMILES string of the molecule is Cc1nc(C)c(Cn2ccnc2-c2ccc(C#CC(C)(C)O)cc2)s1. The van der Waals surface area contributed by atoms with E-state index in [0.717, 1.165) is 34.2 Å². The normalized spacial score (nSPS) is 11.2. The number of imidazole rings is 1. The van der Waals surface area contributed by atoms with Gasteiger partial charge in [0, 0.05) is 28.4 Å². The van der Waals surface area contributed by atoms with Crippen LogP contribution in [0.4, 0.5) is 0 Å². The second kappa shape index (κ2) is 6.83. The van der Waals surface area contributed by atoms with Gasteiger partial charge in [0.05, 0.1) is 17.2 Å². The van der Waals surface area contributed by atoms with Crippen LogP contribution in [0.5, 0.6) is 0 Å². The summed E-state index contributed by atoms with van der Waals surface area (Å²) in [5.74, 6) is 6.74. The molecule has 2 heterocycles. The molecule has 4 nitrogen and oxygen atoms in total. The summed E-state index contributed by atoms with van der Waals surface area (Å²) in [4.78, 5) is 10.3. The fraction of sp³-hybridized carbons (Fsp3) is 0.300. The highest BCUT2D eigenvalue weighted by molar-refractivity contribution is 7.11. The molecule has 0 saturated carbocycles. The van der Waals surface area contributed by atoms with E-state index in [1.807, 2.05) is 50.5 Å². The topological polar surface area (TPSA) is 50.9 Å². The van der Waals surface area contributed by atoms with Crippen molar-refractivity contribution in [3.8, 4) is 23.2 Å². The molecule has 0 radical (unpaired) electrons. The molecule has 3 rings (SSSR count). The molecule has 0 fully saturated rings. The molecular weight excluding hydrogens is 330 g/mol. The Kier molecular flexibility index (Phi) is 4.76. The van der Waals surface area contributed by atoms with E-state index in [1.54, 1.807) is 25.2 Å². The Bertz CT molecular complexity index is 934. The molecule has 0 aliphatic heterocycles. The van der Waals surface area contributed by atoms with Crippen LogP contribution in [-0.4, -0.2) is 25.2 Å². The van der Waals surface area contributed by atoms with Gasteiger partial charge in [0.25, 0.3) is 0 Å². The average Bonchev–Trinajstić information content (AvgIpc) is 3.12. The number of hydrogen-bond acceptors (Lipinski definition) is 4. The molecule has 0 spiro atoms. The largest absolute Gasteiger partial charge is 0.378 e. The predicted molar refractivity (Wildman–Crippen MR) is 102 cm³/mol. The zero-order chi connectivity index (χ0) is 18.0. The molecule has 25 heavy (non-hydrogen) atoms. The minimum atomic E-state index is -0.986. The third-order valence-corrected chi connectivity index (χ3v) is 4.74. The van der Waals surface area contributed by atoms with Gasteiger partial charge in [-0.25, -0.2) is 9.97 Å². The molecule has 0 bridgehead atoms. The lowest BCUT2D eigenvalue weighted by molar-refractivity contribution is 0.143. The van der Waals surface area contributed by atoms with Crippen LogP contribution >= 0.6 is 11.3 Å². The third kappa shape index (κ3) is 4.36. The van der Waals surface area contributed by atoms with Crippen molar-refractivity contribution in [3.05, 3.63) is 57.8 Å². The smallest absolute Gasteiger partial charge is 0.140 e. The van der Waals surface area contributed by atoms with Crippen molar-refractivity contribution in [2.45, 2.75) is 39.8 Å². The van der Waals surface area contributed by atoms with E-state index < -0.39 is 5.60 Å². The highest BCUT2D eigenvalue weighted by Gasteiger charge is 2.10. The highest BCUT2D eigenvalue weighted by Crippen LogP contribution is 2.23. The summed E-state index contributed by atoms with van der Waals surface area (Å²) in [5.41, 5.74) is 2.01. The highest BCUT2D eigenvalue weighted by atomic mass is 32.1. The molecule has 1 N–H and O–H groups in total. The van der Waals surface area contributed by atoms with Crippen LogP contribution in [-0.2, 0) is 6.54 Å². The summed E-state index contributed by atoms with van der Waals surface area (Å²) in [5, 5.41) is 10.8.